The van der Waals surface area contributed by atoms with Gasteiger partial charge in [0.05, 0.1) is 5.56 Å². The maximum atomic E-state index is 12.1. The van der Waals surface area contributed by atoms with Gasteiger partial charge in [0, 0.05) is 17.6 Å². The molecule has 1 N–H and O–H groups in total. The molecule has 1 fully saturated rings. The predicted octanol–water partition coefficient (Wildman–Crippen LogP) is 2.97. The molecule has 0 saturated carbocycles. The summed E-state index contributed by atoms with van der Waals surface area (Å²) >= 11 is 3.43. The first-order valence-corrected chi connectivity index (χ1v) is 7.73. The number of amides is 1. The average molecular weight is 325 g/mol. The summed E-state index contributed by atoms with van der Waals surface area (Å²) < 4.78 is 0.855. The van der Waals surface area contributed by atoms with Crippen molar-refractivity contribution in [3.05, 3.63) is 33.8 Å². The van der Waals surface area contributed by atoms with Gasteiger partial charge in [0.15, 0.2) is 0 Å². The minimum Gasteiger partial charge on any atom is -0.351 e. The largest absolute Gasteiger partial charge is 0.351 e. The van der Waals surface area contributed by atoms with E-state index in [1.807, 2.05) is 25.1 Å². The van der Waals surface area contributed by atoms with Gasteiger partial charge >= 0.3 is 0 Å². The monoisotopic (exact) mass is 324 g/mol. The zero-order chi connectivity index (χ0) is 13.7. The number of nitrogens with zero attached hydrogens (tertiary/aromatic N) is 1. The van der Waals surface area contributed by atoms with E-state index in [-0.39, 0.29) is 5.91 Å². The maximum Gasteiger partial charge on any atom is 0.252 e. The van der Waals surface area contributed by atoms with Crippen LogP contribution in [0.3, 0.4) is 0 Å². The molecule has 0 radical (unpaired) electrons. The van der Waals surface area contributed by atoms with Gasteiger partial charge in [0.1, 0.15) is 0 Å². The Balaban J connectivity index is 1.82. The second-order valence-electron chi connectivity index (χ2n) is 5.14. The number of carbonyl (C=O) groups excluding carboxylic acids is 1. The summed E-state index contributed by atoms with van der Waals surface area (Å²) in [6.07, 6.45) is 3.92. The molecule has 0 bridgehead atoms. The van der Waals surface area contributed by atoms with Crippen LogP contribution in [-0.2, 0) is 0 Å². The van der Waals surface area contributed by atoms with Crippen molar-refractivity contribution in [3.8, 4) is 0 Å². The molecule has 0 aliphatic carbocycles. The third kappa shape index (κ3) is 4.32. The standard InChI is InChI=1S/C15H21BrN2O/c1-12-5-6-14(16)13(11-12)15(19)17-7-10-18-8-3-2-4-9-18/h5-6,11H,2-4,7-10H2,1H3,(H,17,19). The summed E-state index contributed by atoms with van der Waals surface area (Å²) in [5.41, 5.74) is 1.82. The number of rotatable bonds is 4. The summed E-state index contributed by atoms with van der Waals surface area (Å²) in [4.78, 5) is 14.5. The minimum absolute atomic E-state index is 0.00702. The van der Waals surface area contributed by atoms with Gasteiger partial charge in [0.25, 0.3) is 5.91 Å². The minimum atomic E-state index is 0.00702. The lowest BCUT2D eigenvalue weighted by atomic mass is 10.1. The van der Waals surface area contributed by atoms with Crippen LogP contribution in [0.15, 0.2) is 22.7 Å². The molecule has 1 heterocycles. The van der Waals surface area contributed by atoms with Crippen molar-refractivity contribution in [1.82, 2.24) is 10.2 Å². The number of likely N-dealkylation sites (tertiary alicyclic amines) is 1. The second kappa shape index (κ2) is 7.06. The van der Waals surface area contributed by atoms with E-state index in [0.717, 1.165) is 28.7 Å². The van der Waals surface area contributed by atoms with E-state index in [0.29, 0.717) is 0 Å². The molecule has 0 atom stereocenters. The Morgan fingerprint density at radius 1 is 1.32 bits per heavy atom. The van der Waals surface area contributed by atoms with E-state index < -0.39 is 0 Å². The van der Waals surface area contributed by atoms with Gasteiger partial charge in [-0.3, -0.25) is 4.79 Å². The molecule has 1 aliphatic rings. The fourth-order valence-corrected chi connectivity index (χ4v) is 2.85. The van der Waals surface area contributed by atoms with E-state index in [1.165, 1.54) is 32.4 Å². The van der Waals surface area contributed by atoms with E-state index in [4.69, 9.17) is 0 Å². The van der Waals surface area contributed by atoms with Crippen LogP contribution in [0, 0.1) is 6.92 Å². The number of hydrogen-bond donors (Lipinski definition) is 1. The lowest BCUT2D eigenvalue weighted by Crippen LogP contribution is -2.37. The van der Waals surface area contributed by atoms with Crippen LogP contribution in [0.5, 0.6) is 0 Å². The summed E-state index contributed by atoms with van der Waals surface area (Å²) in [6, 6.07) is 5.84. The van der Waals surface area contributed by atoms with E-state index in [2.05, 4.69) is 26.1 Å². The highest BCUT2D eigenvalue weighted by Crippen LogP contribution is 2.17. The highest BCUT2D eigenvalue weighted by molar-refractivity contribution is 9.10. The van der Waals surface area contributed by atoms with Crippen LogP contribution in [0.25, 0.3) is 0 Å². The van der Waals surface area contributed by atoms with Gasteiger partial charge in [-0.1, -0.05) is 18.1 Å². The molecular weight excluding hydrogens is 304 g/mol. The molecule has 1 aromatic rings. The van der Waals surface area contributed by atoms with E-state index >= 15 is 0 Å². The summed E-state index contributed by atoms with van der Waals surface area (Å²) in [7, 11) is 0. The lowest BCUT2D eigenvalue weighted by Gasteiger charge is -2.26. The van der Waals surface area contributed by atoms with Crippen LogP contribution in [0.1, 0.15) is 35.2 Å². The zero-order valence-corrected chi connectivity index (χ0v) is 13.0. The van der Waals surface area contributed by atoms with Crippen LogP contribution < -0.4 is 5.32 Å². The molecule has 19 heavy (non-hydrogen) atoms. The molecule has 2 rings (SSSR count). The molecule has 3 nitrogen and oxygen atoms in total. The normalized spacial score (nSPS) is 16.3. The van der Waals surface area contributed by atoms with E-state index in [9.17, 15) is 4.79 Å². The van der Waals surface area contributed by atoms with Crippen LogP contribution >= 0.6 is 15.9 Å². The Morgan fingerprint density at radius 2 is 2.05 bits per heavy atom. The smallest absolute Gasteiger partial charge is 0.252 e. The van der Waals surface area contributed by atoms with Gasteiger partial charge in [-0.15, -0.1) is 0 Å². The Labute approximate surface area is 123 Å². The van der Waals surface area contributed by atoms with Gasteiger partial charge in [-0.25, -0.2) is 0 Å². The topological polar surface area (TPSA) is 32.3 Å². The van der Waals surface area contributed by atoms with Crippen molar-refractivity contribution >= 4 is 21.8 Å². The van der Waals surface area contributed by atoms with Crippen molar-refractivity contribution in [1.29, 1.82) is 0 Å². The number of nitrogens with one attached hydrogen (secondary N) is 1. The van der Waals surface area contributed by atoms with Crippen molar-refractivity contribution in [2.45, 2.75) is 26.2 Å². The molecule has 0 spiro atoms. The highest BCUT2D eigenvalue weighted by atomic mass is 79.9. The third-order valence-electron chi connectivity index (χ3n) is 3.53. The number of piperidine rings is 1. The number of hydrogen-bond acceptors (Lipinski definition) is 2. The fraction of sp³-hybridized carbons (Fsp3) is 0.533. The Hall–Kier alpha value is -0.870. The summed E-state index contributed by atoms with van der Waals surface area (Å²) in [6.45, 7) is 6.01. The predicted molar refractivity (Wildman–Crippen MR) is 81.5 cm³/mol. The van der Waals surface area contributed by atoms with Gasteiger partial charge in [0.2, 0.25) is 0 Å². The molecule has 1 aliphatic heterocycles. The molecule has 1 aromatic carbocycles. The Kier molecular flexibility index (Phi) is 5.40. The van der Waals surface area contributed by atoms with Gasteiger partial charge in [-0.05, 0) is 60.9 Å². The van der Waals surface area contributed by atoms with E-state index in [1.54, 1.807) is 0 Å². The number of aryl methyl sites for hydroxylation is 1. The molecular formula is C15H21BrN2O. The lowest BCUT2D eigenvalue weighted by molar-refractivity contribution is 0.0945. The maximum absolute atomic E-state index is 12.1. The van der Waals surface area contributed by atoms with Crippen molar-refractivity contribution in [3.63, 3.8) is 0 Å². The van der Waals surface area contributed by atoms with Crippen LogP contribution in [0.4, 0.5) is 0 Å². The van der Waals surface area contributed by atoms with Crippen molar-refractivity contribution in [2.75, 3.05) is 26.2 Å². The van der Waals surface area contributed by atoms with Crippen LogP contribution in [-0.4, -0.2) is 37.0 Å². The molecule has 104 valence electrons. The molecule has 0 unspecified atom stereocenters. The van der Waals surface area contributed by atoms with Crippen molar-refractivity contribution in [2.24, 2.45) is 0 Å². The Morgan fingerprint density at radius 3 is 2.79 bits per heavy atom. The third-order valence-corrected chi connectivity index (χ3v) is 4.22. The van der Waals surface area contributed by atoms with Crippen molar-refractivity contribution < 1.29 is 4.79 Å². The summed E-state index contributed by atoms with van der Waals surface area (Å²) in [5.74, 6) is 0.00702. The first-order valence-electron chi connectivity index (χ1n) is 6.93. The molecule has 4 heteroatoms. The van der Waals surface area contributed by atoms with Crippen LogP contribution in [0.2, 0.25) is 0 Å². The Bertz CT molecular complexity index is 442. The molecule has 1 saturated heterocycles. The molecule has 1 amide bonds. The highest BCUT2D eigenvalue weighted by Gasteiger charge is 2.12. The SMILES string of the molecule is Cc1ccc(Br)c(C(=O)NCCN2CCCCC2)c1. The van der Waals surface area contributed by atoms with Gasteiger partial charge in [-0.2, -0.15) is 0 Å². The quantitative estimate of drug-likeness (QED) is 0.923. The number of benzene rings is 1. The average Bonchev–Trinajstić information content (AvgIpc) is 2.42. The van der Waals surface area contributed by atoms with Gasteiger partial charge < -0.3 is 10.2 Å². The first kappa shape index (κ1) is 14.5. The zero-order valence-electron chi connectivity index (χ0n) is 11.4. The summed E-state index contributed by atoms with van der Waals surface area (Å²) in [5, 5.41) is 3.00. The fourth-order valence-electron chi connectivity index (χ4n) is 2.42. The second-order valence-corrected chi connectivity index (χ2v) is 6.00. The number of carbonyl (C=O) groups is 1. The molecule has 0 aromatic heterocycles. The number of halogens is 1. The first-order chi connectivity index (χ1) is 9.16.